The summed E-state index contributed by atoms with van der Waals surface area (Å²) in [5.41, 5.74) is 0.611. The summed E-state index contributed by atoms with van der Waals surface area (Å²) in [7, 11) is -3.46. The van der Waals surface area contributed by atoms with Crippen LogP contribution >= 0.6 is 22.9 Å². The number of nitrogens with zero attached hydrogens (tertiary/aromatic N) is 1. The summed E-state index contributed by atoms with van der Waals surface area (Å²) in [4.78, 5) is 12.0. The Balaban J connectivity index is 1.55. The third kappa shape index (κ3) is 5.22. The molecule has 3 rings (SSSR count). The topological polar surface area (TPSA) is 78.5 Å². The second kappa shape index (κ2) is 9.05. The summed E-state index contributed by atoms with van der Waals surface area (Å²) < 4.78 is 27.7. The third-order valence-corrected chi connectivity index (χ3v) is 8.04. The zero-order chi connectivity index (χ0) is 19.3. The lowest BCUT2D eigenvalue weighted by atomic mass is 10.0. The van der Waals surface area contributed by atoms with Crippen LogP contribution in [0.4, 0.5) is 10.5 Å². The Morgan fingerprint density at radius 1 is 1.26 bits per heavy atom. The summed E-state index contributed by atoms with van der Waals surface area (Å²) in [6.45, 7) is 0.924. The molecule has 1 aromatic heterocycles. The highest BCUT2D eigenvalue weighted by molar-refractivity contribution is 7.91. The van der Waals surface area contributed by atoms with Gasteiger partial charge in [-0.25, -0.2) is 13.2 Å². The van der Waals surface area contributed by atoms with Crippen LogP contribution in [0.2, 0.25) is 5.02 Å². The summed E-state index contributed by atoms with van der Waals surface area (Å²) in [5.74, 6) is 0. The maximum atomic E-state index is 12.9. The zero-order valence-corrected chi connectivity index (χ0v) is 17.1. The van der Waals surface area contributed by atoms with Crippen LogP contribution in [0.5, 0.6) is 0 Å². The van der Waals surface area contributed by atoms with Gasteiger partial charge in [-0.05, 0) is 48.9 Å². The predicted octanol–water partition coefficient (Wildman–Crippen LogP) is 4.16. The van der Waals surface area contributed by atoms with Gasteiger partial charge >= 0.3 is 6.03 Å². The summed E-state index contributed by atoms with van der Waals surface area (Å²) in [5, 5.41) is 7.83. The molecule has 2 amide bonds. The number of carbonyl (C=O) groups is 1. The highest BCUT2D eigenvalue weighted by Crippen LogP contribution is 2.29. The molecule has 9 heteroatoms. The van der Waals surface area contributed by atoms with E-state index in [0.29, 0.717) is 34.4 Å². The molecule has 1 saturated heterocycles. The van der Waals surface area contributed by atoms with Gasteiger partial charge in [-0.3, -0.25) is 0 Å². The Hall–Kier alpha value is -1.61. The highest BCUT2D eigenvalue weighted by atomic mass is 35.5. The summed E-state index contributed by atoms with van der Waals surface area (Å²) in [6.07, 6.45) is 3.25. The van der Waals surface area contributed by atoms with Crippen molar-refractivity contribution in [3.05, 3.63) is 46.8 Å². The molecule has 0 spiro atoms. The smallest absolute Gasteiger partial charge is 0.319 e. The first kappa shape index (κ1) is 20.1. The van der Waals surface area contributed by atoms with Crippen molar-refractivity contribution in [1.29, 1.82) is 0 Å². The lowest BCUT2D eigenvalue weighted by Gasteiger charge is -2.34. The predicted molar refractivity (Wildman–Crippen MR) is 109 cm³/mol. The van der Waals surface area contributed by atoms with Gasteiger partial charge in [-0.15, -0.1) is 11.3 Å². The van der Waals surface area contributed by atoms with Crippen LogP contribution in [0.3, 0.4) is 0 Å². The number of nitrogens with one attached hydrogen (secondary N) is 2. The van der Waals surface area contributed by atoms with Gasteiger partial charge < -0.3 is 10.6 Å². The van der Waals surface area contributed by atoms with Crippen LogP contribution < -0.4 is 10.6 Å². The Bertz CT molecular complexity index is 872. The normalized spacial score (nSPS) is 18.2. The number of sulfonamides is 1. The first-order chi connectivity index (χ1) is 13.0. The van der Waals surface area contributed by atoms with Crippen molar-refractivity contribution in [3.8, 4) is 0 Å². The third-order valence-electron chi connectivity index (χ3n) is 4.48. The fourth-order valence-electron chi connectivity index (χ4n) is 3.20. The minimum Gasteiger partial charge on any atom is -0.338 e. The average Bonchev–Trinajstić information content (AvgIpc) is 3.17. The van der Waals surface area contributed by atoms with E-state index in [1.165, 1.54) is 11.3 Å². The number of piperidine rings is 1. The van der Waals surface area contributed by atoms with Crippen LogP contribution in [0.15, 0.2) is 46.0 Å². The maximum absolute atomic E-state index is 12.9. The maximum Gasteiger partial charge on any atom is 0.319 e. The number of thiophene rings is 1. The van der Waals surface area contributed by atoms with Crippen molar-refractivity contribution in [2.45, 2.75) is 35.9 Å². The monoisotopic (exact) mass is 427 g/mol. The van der Waals surface area contributed by atoms with Gasteiger partial charge in [0.05, 0.1) is 0 Å². The average molecular weight is 428 g/mol. The molecule has 1 aliphatic rings. The fourth-order valence-corrected chi connectivity index (χ4v) is 6.23. The number of hydrogen-bond acceptors (Lipinski definition) is 4. The van der Waals surface area contributed by atoms with E-state index in [0.717, 1.165) is 19.3 Å². The van der Waals surface area contributed by atoms with E-state index in [4.69, 9.17) is 11.6 Å². The minimum absolute atomic E-state index is 0.0997. The largest absolute Gasteiger partial charge is 0.338 e. The molecule has 0 bridgehead atoms. The van der Waals surface area contributed by atoms with E-state index in [1.54, 1.807) is 46.1 Å². The Labute approximate surface area is 168 Å². The highest BCUT2D eigenvalue weighted by Gasteiger charge is 2.33. The van der Waals surface area contributed by atoms with Crippen LogP contribution in [0.25, 0.3) is 0 Å². The second-order valence-corrected chi connectivity index (χ2v) is 9.88. The number of hydrogen-bond donors (Lipinski definition) is 2. The molecule has 2 N–H and O–H groups in total. The molecule has 1 aliphatic heterocycles. The number of anilines is 1. The molecular formula is C18H22ClN3O3S2. The zero-order valence-electron chi connectivity index (χ0n) is 14.7. The van der Waals surface area contributed by atoms with Gasteiger partial charge in [0.25, 0.3) is 10.0 Å². The lowest BCUT2D eigenvalue weighted by molar-refractivity contribution is 0.234. The number of amides is 2. The van der Waals surface area contributed by atoms with Gasteiger partial charge in [-0.1, -0.05) is 30.2 Å². The van der Waals surface area contributed by atoms with Crippen LogP contribution in [-0.2, 0) is 10.0 Å². The number of carbonyl (C=O) groups excluding carboxylic acids is 1. The second-order valence-electron chi connectivity index (χ2n) is 6.38. The van der Waals surface area contributed by atoms with Crippen molar-refractivity contribution in [3.63, 3.8) is 0 Å². The van der Waals surface area contributed by atoms with Crippen molar-refractivity contribution in [1.82, 2.24) is 9.62 Å². The molecule has 146 valence electrons. The standard InChI is InChI=1S/C18H22ClN3O3S2/c19-14-5-3-6-15(13-14)21-18(23)20-10-9-16-7-1-2-11-22(16)27(24,25)17-8-4-12-26-17/h3-6,8,12-13,16H,1-2,7,9-11H2,(H2,20,21,23)/t16-/m1/s1. The molecular weight excluding hydrogens is 406 g/mol. The molecule has 0 unspecified atom stereocenters. The van der Waals surface area contributed by atoms with Crippen LogP contribution in [0.1, 0.15) is 25.7 Å². The van der Waals surface area contributed by atoms with Gasteiger partial charge in [0.2, 0.25) is 0 Å². The molecule has 1 aromatic carbocycles. The van der Waals surface area contributed by atoms with Gasteiger partial charge in [0.15, 0.2) is 0 Å². The van der Waals surface area contributed by atoms with E-state index >= 15 is 0 Å². The van der Waals surface area contributed by atoms with Crippen LogP contribution in [-0.4, -0.2) is 37.9 Å². The molecule has 0 saturated carbocycles. The fraction of sp³-hybridized carbons (Fsp3) is 0.389. The SMILES string of the molecule is O=C(NCC[C@H]1CCCCN1S(=O)(=O)c1cccs1)Nc1cccc(Cl)c1. The first-order valence-corrected chi connectivity index (χ1v) is 11.5. The number of rotatable bonds is 6. The van der Waals surface area contributed by atoms with E-state index in [2.05, 4.69) is 10.6 Å². The van der Waals surface area contributed by atoms with E-state index < -0.39 is 10.0 Å². The Morgan fingerprint density at radius 3 is 2.85 bits per heavy atom. The molecule has 27 heavy (non-hydrogen) atoms. The summed E-state index contributed by atoms with van der Waals surface area (Å²) >= 11 is 7.14. The van der Waals surface area contributed by atoms with Crippen molar-refractivity contribution >= 4 is 44.7 Å². The first-order valence-electron chi connectivity index (χ1n) is 8.82. The van der Waals surface area contributed by atoms with E-state index in [-0.39, 0.29) is 12.1 Å². The van der Waals surface area contributed by atoms with Gasteiger partial charge in [0.1, 0.15) is 4.21 Å². The Kier molecular flexibility index (Phi) is 6.75. The lowest BCUT2D eigenvalue weighted by Crippen LogP contribution is -2.45. The number of benzene rings is 1. The molecule has 6 nitrogen and oxygen atoms in total. The van der Waals surface area contributed by atoms with Gasteiger partial charge in [-0.2, -0.15) is 4.31 Å². The molecule has 1 atom stereocenters. The minimum atomic E-state index is -3.46. The summed E-state index contributed by atoms with van der Waals surface area (Å²) in [6, 6.07) is 9.86. The molecule has 2 heterocycles. The van der Waals surface area contributed by atoms with Crippen molar-refractivity contribution in [2.75, 3.05) is 18.4 Å². The molecule has 2 aromatic rings. The Morgan fingerprint density at radius 2 is 2.11 bits per heavy atom. The number of urea groups is 1. The molecule has 0 radical (unpaired) electrons. The van der Waals surface area contributed by atoms with E-state index in [9.17, 15) is 13.2 Å². The van der Waals surface area contributed by atoms with Gasteiger partial charge in [0, 0.05) is 29.8 Å². The molecule has 0 aliphatic carbocycles. The van der Waals surface area contributed by atoms with Crippen molar-refractivity contribution in [2.24, 2.45) is 0 Å². The number of halogens is 1. The van der Waals surface area contributed by atoms with Crippen LogP contribution in [0, 0.1) is 0 Å². The quantitative estimate of drug-likeness (QED) is 0.726. The molecule has 1 fully saturated rings. The van der Waals surface area contributed by atoms with E-state index in [1.807, 2.05) is 0 Å². The van der Waals surface area contributed by atoms with Crippen molar-refractivity contribution < 1.29 is 13.2 Å².